The number of nitrogens with one attached hydrogen (secondary N) is 2. The average Bonchev–Trinajstić information content (AvgIpc) is 3.14. The predicted molar refractivity (Wildman–Crippen MR) is 137 cm³/mol. The molecule has 0 saturated carbocycles. The topological polar surface area (TPSA) is 95.6 Å². The monoisotopic (exact) mass is 491 g/mol. The Hall–Kier alpha value is -3.65. The summed E-state index contributed by atoms with van der Waals surface area (Å²) < 4.78 is 28.0. The molecule has 1 aliphatic heterocycles. The first-order chi connectivity index (χ1) is 16.8. The van der Waals surface area contributed by atoms with E-state index in [4.69, 9.17) is 0 Å². The first-order valence-electron chi connectivity index (χ1n) is 11.7. The van der Waals surface area contributed by atoms with Crippen molar-refractivity contribution in [1.82, 2.24) is 4.90 Å². The third kappa shape index (κ3) is 6.08. The van der Waals surface area contributed by atoms with E-state index < -0.39 is 15.9 Å². The van der Waals surface area contributed by atoms with Crippen molar-refractivity contribution in [2.24, 2.45) is 0 Å². The van der Waals surface area contributed by atoms with Crippen LogP contribution in [0.1, 0.15) is 52.0 Å². The van der Waals surface area contributed by atoms with E-state index in [0.717, 1.165) is 31.2 Å². The number of hydrogen-bond donors (Lipinski definition) is 2. The molecule has 182 valence electrons. The number of carbonyl (C=O) groups excluding carboxylic acids is 2. The van der Waals surface area contributed by atoms with Gasteiger partial charge in [0.25, 0.3) is 21.8 Å². The zero-order valence-electron chi connectivity index (χ0n) is 19.7. The average molecular weight is 492 g/mol. The molecular formula is C27H29N3O4S. The fourth-order valence-electron chi connectivity index (χ4n) is 4.07. The summed E-state index contributed by atoms with van der Waals surface area (Å²) in [5.41, 5.74) is 2.37. The lowest BCUT2D eigenvalue weighted by Crippen LogP contribution is -2.32. The van der Waals surface area contributed by atoms with Gasteiger partial charge in [0.05, 0.1) is 16.1 Å². The quantitative estimate of drug-likeness (QED) is 0.504. The molecular weight excluding hydrogens is 462 g/mol. The maximum atomic E-state index is 13.2. The molecule has 4 rings (SSSR count). The van der Waals surface area contributed by atoms with Crippen molar-refractivity contribution >= 4 is 33.2 Å². The van der Waals surface area contributed by atoms with Gasteiger partial charge in [-0.3, -0.25) is 14.3 Å². The van der Waals surface area contributed by atoms with Gasteiger partial charge in [-0.05, 0) is 62.2 Å². The summed E-state index contributed by atoms with van der Waals surface area (Å²) >= 11 is 0. The number of hydrogen-bond acceptors (Lipinski definition) is 4. The van der Waals surface area contributed by atoms with E-state index in [-0.39, 0.29) is 22.1 Å². The van der Waals surface area contributed by atoms with Crippen molar-refractivity contribution in [3.63, 3.8) is 0 Å². The Kier molecular flexibility index (Phi) is 7.51. The Morgan fingerprint density at radius 3 is 2.23 bits per heavy atom. The first-order valence-corrected chi connectivity index (χ1v) is 13.2. The zero-order valence-corrected chi connectivity index (χ0v) is 20.5. The van der Waals surface area contributed by atoms with Crippen molar-refractivity contribution < 1.29 is 18.0 Å². The van der Waals surface area contributed by atoms with Crippen molar-refractivity contribution in [3.05, 3.63) is 89.5 Å². The fourth-order valence-corrected chi connectivity index (χ4v) is 5.12. The largest absolute Gasteiger partial charge is 0.339 e. The maximum absolute atomic E-state index is 13.2. The highest BCUT2D eigenvalue weighted by Gasteiger charge is 2.21. The molecule has 2 amide bonds. The Morgan fingerprint density at radius 1 is 0.829 bits per heavy atom. The van der Waals surface area contributed by atoms with Gasteiger partial charge in [-0.25, -0.2) is 8.42 Å². The fraction of sp³-hybridized carbons (Fsp3) is 0.259. The van der Waals surface area contributed by atoms with E-state index in [1.54, 1.807) is 54.6 Å². The summed E-state index contributed by atoms with van der Waals surface area (Å²) in [5, 5.41) is 2.83. The number of nitrogens with zero attached hydrogens (tertiary/aromatic N) is 1. The van der Waals surface area contributed by atoms with Crippen LogP contribution in [0.4, 0.5) is 11.4 Å². The molecule has 8 heteroatoms. The van der Waals surface area contributed by atoms with E-state index in [2.05, 4.69) is 10.0 Å². The summed E-state index contributed by atoms with van der Waals surface area (Å²) in [6, 6.07) is 19.7. The Balaban J connectivity index is 1.51. The molecule has 1 saturated heterocycles. The van der Waals surface area contributed by atoms with Crippen molar-refractivity contribution in [3.8, 4) is 0 Å². The second-order valence-corrected chi connectivity index (χ2v) is 10.4. The van der Waals surface area contributed by atoms with Crippen LogP contribution in [0.25, 0.3) is 0 Å². The van der Waals surface area contributed by atoms with Crippen LogP contribution in [0, 0.1) is 6.92 Å². The molecule has 0 spiro atoms. The van der Waals surface area contributed by atoms with Crippen LogP contribution < -0.4 is 10.0 Å². The minimum absolute atomic E-state index is 0.0950. The maximum Gasteiger partial charge on any atom is 0.261 e. The molecule has 1 fully saturated rings. The molecule has 0 aromatic heterocycles. The van der Waals surface area contributed by atoms with Crippen LogP contribution in [0.3, 0.4) is 0 Å². The summed E-state index contributed by atoms with van der Waals surface area (Å²) in [5.74, 6) is -0.528. The van der Waals surface area contributed by atoms with Crippen LogP contribution in [-0.2, 0) is 10.0 Å². The molecule has 1 heterocycles. The Morgan fingerprint density at radius 2 is 1.51 bits per heavy atom. The van der Waals surface area contributed by atoms with Crippen LogP contribution in [-0.4, -0.2) is 38.2 Å². The van der Waals surface area contributed by atoms with E-state index in [9.17, 15) is 18.0 Å². The van der Waals surface area contributed by atoms with E-state index in [1.807, 2.05) is 11.8 Å². The molecule has 0 atom stereocenters. The van der Waals surface area contributed by atoms with Gasteiger partial charge < -0.3 is 10.2 Å². The second-order valence-electron chi connectivity index (χ2n) is 8.71. The standard InChI is InChI=1S/C27H29N3O4S/c1-20-13-15-23(16-14-20)35(33,34)29-22-10-8-9-21(19-22)26(31)28-25-12-5-4-11-24(25)27(32)30-17-6-2-3-7-18-30/h4-5,8-16,19,29H,2-3,6-7,17-18H2,1H3,(H,28,31). The van der Waals surface area contributed by atoms with Gasteiger partial charge in [0.1, 0.15) is 0 Å². The third-order valence-corrected chi connectivity index (χ3v) is 7.40. The van der Waals surface area contributed by atoms with Gasteiger partial charge in [-0.2, -0.15) is 0 Å². The molecule has 0 radical (unpaired) electrons. The molecule has 7 nitrogen and oxygen atoms in total. The summed E-state index contributed by atoms with van der Waals surface area (Å²) in [6.07, 6.45) is 4.19. The Bertz CT molecular complexity index is 1310. The minimum atomic E-state index is -3.80. The third-order valence-electron chi connectivity index (χ3n) is 6.01. The molecule has 3 aromatic carbocycles. The normalized spacial score (nSPS) is 14.1. The molecule has 1 aliphatic rings. The molecule has 0 aliphatic carbocycles. The molecule has 3 aromatic rings. The lowest BCUT2D eigenvalue weighted by atomic mass is 10.1. The Labute approximate surface area is 206 Å². The lowest BCUT2D eigenvalue weighted by Gasteiger charge is -2.22. The number of anilines is 2. The number of aryl methyl sites for hydroxylation is 1. The van der Waals surface area contributed by atoms with Crippen LogP contribution >= 0.6 is 0 Å². The smallest absolute Gasteiger partial charge is 0.261 e. The SMILES string of the molecule is Cc1ccc(S(=O)(=O)Nc2cccc(C(=O)Nc3ccccc3C(=O)N3CCCCCC3)c2)cc1. The summed E-state index contributed by atoms with van der Waals surface area (Å²) in [4.78, 5) is 28.2. The van der Waals surface area contributed by atoms with Crippen molar-refractivity contribution in [1.29, 1.82) is 0 Å². The minimum Gasteiger partial charge on any atom is -0.339 e. The number of rotatable bonds is 6. The number of sulfonamides is 1. The second kappa shape index (κ2) is 10.7. The highest BCUT2D eigenvalue weighted by atomic mass is 32.2. The number of likely N-dealkylation sites (tertiary alicyclic amines) is 1. The van der Waals surface area contributed by atoms with E-state index in [0.29, 0.717) is 24.3 Å². The molecule has 2 N–H and O–H groups in total. The highest BCUT2D eigenvalue weighted by Crippen LogP contribution is 2.22. The lowest BCUT2D eigenvalue weighted by molar-refractivity contribution is 0.0762. The van der Waals surface area contributed by atoms with Crippen molar-refractivity contribution in [2.45, 2.75) is 37.5 Å². The molecule has 0 unspecified atom stereocenters. The molecule has 0 bridgehead atoms. The summed E-state index contributed by atoms with van der Waals surface area (Å²) in [7, 11) is -3.80. The van der Waals surface area contributed by atoms with Gasteiger partial charge in [0.2, 0.25) is 0 Å². The van der Waals surface area contributed by atoms with Crippen molar-refractivity contribution in [2.75, 3.05) is 23.1 Å². The predicted octanol–water partition coefficient (Wildman–Crippen LogP) is 5.06. The van der Waals surface area contributed by atoms with Gasteiger partial charge in [0, 0.05) is 24.3 Å². The first kappa shape index (κ1) is 24.5. The number of carbonyl (C=O) groups is 2. The number of amides is 2. The summed E-state index contributed by atoms with van der Waals surface area (Å²) in [6.45, 7) is 3.31. The number of benzene rings is 3. The van der Waals surface area contributed by atoms with Crippen LogP contribution in [0.2, 0.25) is 0 Å². The van der Waals surface area contributed by atoms with Gasteiger partial charge in [-0.1, -0.05) is 48.7 Å². The van der Waals surface area contributed by atoms with Crippen LogP contribution in [0.15, 0.2) is 77.7 Å². The van der Waals surface area contributed by atoms with Crippen LogP contribution in [0.5, 0.6) is 0 Å². The molecule has 35 heavy (non-hydrogen) atoms. The van der Waals surface area contributed by atoms with E-state index >= 15 is 0 Å². The zero-order chi connectivity index (χ0) is 24.8. The number of para-hydroxylation sites is 1. The van der Waals surface area contributed by atoms with Gasteiger partial charge >= 0.3 is 0 Å². The van der Waals surface area contributed by atoms with Gasteiger partial charge in [-0.15, -0.1) is 0 Å². The van der Waals surface area contributed by atoms with Gasteiger partial charge in [0.15, 0.2) is 0 Å². The highest BCUT2D eigenvalue weighted by molar-refractivity contribution is 7.92. The van der Waals surface area contributed by atoms with E-state index in [1.165, 1.54) is 18.2 Å².